The Kier molecular flexibility index (Phi) is 4.32. The number of ether oxygens (including phenoxy) is 1. The lowest BCUT2D eigenvalue weighted by Gasteiger charge is -2.07. The highest BCUT2D eigenvalue weighted by atomic mass is 79.9. The maximum absolute atomic E-state index is 13.5. The molecule has 2 rings (SSSR count). The Hall–Kier alpha value is -1.68. The number of carbonyl (C=O) groups is 1. The van der Waals surface area contributed by atoms with E-state index in [0.29, 0.717) is 0 Å². The van der Waals surface area contributed by atoms with Crippen molar-refractivity contribution in [1.29, 1.82) is 0 Å². The minimum atomic E-state index is -0.656. The minimum absolute atomic E-state index is 0.0351. The molecule has 0 atom stereocenters. The Morgan fingerprint density at radius 2 is 2.00 bits per heavy atom. The fraction of sp³-hybridized carbons (Fsp3) is 0.133. The Balaban J connectivity index is 2.10. The van der Waals surface area contributed by atoms with Gasteiger partial charge in [0.15, 0.2) is 0 Å². The van der Waals surface area contributed by atoms with Crippen LogP contribution in [0, 0.1) is 12.7 Å². The molecule has 0 saturated heterocycles. The van der Waals surface area contributed by atoms with Gasteiger partial charge in [0.2, 0.25) is 0 Å². The molecule has 0 aromatic heterocycles. The predicted octanol–water partition coefficient (Wildman–Crippen LogP) is 4.25. The van der Waals surface area contributed by atoms with Crippen molar-refractivity contribution >= 4 is 21.9 Å². The van der Waals surface area contributed by atoms with Crippen molar-refractivity contribution in [3.8, 4) is 0 Å². The molecule has 0 radical (unpaired) electrons. The Bertz CT molecular complexity index is 611. The van der Waals surface area contributed by atoms with Gasteiger partial charge >= 0.3 is 5.97 Å². The molecule has 0 aliphatic heterocycles. The maximum atomic E-state index is 13.5. The Morgan fingerprint density at radius 1 is 1.26 bits per heavy atom. The van der Waals surface area contributed by atoms with Crippen LogP contribution in [0.1, 0.15) is 21.5 Å². The highest BCUT2D eigenvalue weighted by molar-refractivity contribution is 9.10. The van der Waals surface area contributed by atoms with E-state index in [4.69, 9.17) is 4.74 Å². The quantitative estimate of drug-likeness (QED) is 0.789. The summed E-state index contributed by atoms with van der Waals surface area (Å²) in [6, 6.07) is 11.8. The smallest absolute Gasteiger partial charge is 0.341 e. The van der Waals surface area contributed by atoms with Crippen LogP contribution < -0.4 is 0 Å². The van der Waals surface area contributed by atoms with Crippen LogP contribution in [0.25, 0.3) is 0 Å². The van der Waals surface area contributed by atoms with Gasteiger partial charge in [0.25, 0.3) is 0 Å². The van der Waals surface area contributed by atoms with Crippen molar-refractivity contribution in [2.45, 2.75) is 13.5 Å². The zero-order chi connectivity index (χ0) is 13.8. The fourth-order valence-corrected chi connectivity index (χ4v) is 2.03. The third-order valence-electron chi connectivity index (χ3n) is 2.66. The lowest BCUT2D eigenvalue weighted by atomic mass is 10.1. The number of carbonyl (C=O) groups excluding carboxylic acids is 1. The molecule has 2 aromatic carbocycles. The van der Waals surface area contributed by atoms with Gasteiger partial charge in [-0.25, -0.2) is 9.18 Å². The van der Waals surface area contributed by atoms with Crippen LogP contribution in [0.3, 0.4) is 0 Å². The number of esters is 1. The molecule has 0 aliphatic rings. The monoisotopic (exact) mass is 322 g/mol. The molecule has 0 unspecified atom stereocenters. The van der Waals surface area contributed by atoms with Crippen molar-refractivity contribution in [3.63, 3.8) is 0 Å². The van der Waals surface area contributed by atoms with E-state index in [2.05, 4.69) is 15.9 Å². The number of benzene rings is 2. The average molecular weight is 323 g/mol. The second-order valence-electron chi connectivity index (χ2n) is 4.15. The number of hydrogen-bond acceptors (Lipinski definition) is 2. The van der Waals surface area contributed by atoms with Gasteiger partial charge in [0.1, 0.15) is 12.4 Å². The molecular weight excluding hydrogens is 311 g/mol. The van der Waals surface area contributed by atoms with Gasteiger partial charge in [-0.15, -0.1) is 0 Å². The number of hydrogen-bond donors (Lipinski definition) is 0. The summed E-state index contributed by atoms with van der Waals surface area (Å²) in [4.78, 5) is 11.8. The van der Waals surface area contributed by atoms with Crippen LogP contribution in [0.4, 0.5) is 4.39 Å². The zero-order valence-corrected chi connectivity index (χ0v) is 11.9. The van der Waals surface area contributed by atoms with E-state index in [0.717, 1.165) is 15.6 Å². The van der Waals surface area contributed by atoms with Crippen LogP contribution in [-0.2, 0) is 11.3 Å². The van der Waals surface area contributed by atoms with Gasteiger partial charge in [-0.2, -0.15) is 0 Å². The van der Waals surface area contributed by atoms with E-state index in [-0.39, 0.29) is 12.2 Å². The molecule has 4 heteroatoms. The standard InChI is InChI=1S/C15H12BrFO2/c1-10-6-7-14(17)12(8-10)15(18)19-9-11-4-2-3-5-13(11)16/h2-8H,9H2,1H3. The van der Waals surface area contributed by atoms with Crippen molar-refractivity contribution in [3.05, 3.63) is 69.4 Å². The summed E-state index contributed by atoms with van der Waals surface area (Å²) in [6.45, 7) is 1.90. The first kappa shape index (κ1) is 13.7. The van der Waals surface area contributed by atoms with Crippen molar-refractivity contribution < 1.29 is 13.9 Å². The van der Waals surface area contributed by atoms with Crippen molar-refractivity contribution in [2.75, 3.05) is 0 Å². The number of halogens is 2. The van der Waals surface area contributed by atoms with Crippen molar-refractivity contribution in [1.82, 2.24) is 0 Å². The minimum Gasteiger partial charge on any atom is -0.457 e. The van der Waals surface area contributed by atoms with Gasteiger partial charge in [0, 0.05) is 10.0 Å². The molecular formula is C15H12BrFO2. The first-order chi connectivity index (χ1) is 9.08. The molecule has 2 nitrogen and oxygen atoms in total. The second-order valence-corrected chi connectivity index (χ2v) is 5.01. The summed E-state index contributed by atoms with van der Waals surface area (Å²) in [5, 5.41) is 0. The molecule has 0 fully saturated rings. The molecule has 0 N–H and O–H groups in total. The largest absolute Gasteiger partial charge is 0.457 e. The van der Waals surface area contributed by atoms with Crippen LogP contribution in [0.2, 0.25) is 0 Å². The number of rotatable bonds is 3. The number of aryl methyl sites for hydroxylation is 1. The summed E-state index contributed by atoms with van der Waals surface area (Å²) in [7, 11) is 0. The summed E-state index contributed by atoms with van der Waals surface area (Å²) >= 11 is 3.36. The van der Waals surface area contributed by atoms with E-state index in [1.807, 2.05) is 24.3 Å². The normalized spacial score (nSPS) is 10.3. The first-order valence-electron chi connectivity index (χ1n) is 5.74. The molecule has 0 amide bonds. The first-order valence-corrected chi connectivity index (χ1v) is 6.54. The molecule has 98 valence electrons. The predicted molar refractivity (Wildman–Crippen MR) is 74.4 cm³/mol. The van der Waals surface area contributed by atoms with E-state index < -0.39 is 11.8 Å². The molecule has 0 saturated carbocycles. The van der Waals surface area contributed by atoms with Gasteiger partial charge in [0.05, 0.1) is 5.56 Å². The van der Waals surface area contributed by atoms with E-state index in [9.17, 15) is 9.18 Å². The topological polar surface area (TPSA) is 26.3 Å². The van der Waals surface area contributed by atoms with Gasteiger partial charge < -0.3 is 4.74 Å². The molecule has 0 spiro atoms. The van der Waals surface area contributed by atoms with E-state index in [1.54, 1.807) is 13.0 Å². The summed E-state index contributed by atoms with van der Waals surface area (Å²) in [6.07, 6.45) is 0. The Morgan fingerprint density at radius 3 is 2.74 bits per heavy atom. The lowest BCUT2D eigenvalue weighted by Crippen LogP contribution is -2.08. The van der Waals surface area contributed by atoms with E-state index in [1.165, 1.54) is 12.1 Å². The summed E-state index contributed by atoms with van der Waals surface area (Å²) in [5.41, 5.74) is 1.62. The summed E-state index contributed by atoms with van der Waals surface area (Å²) < 4.78 is 19.5. The van der Waals surface area contributed by atoms with Gasteiger partial charge in [-0.3, -0.25) is 0 Å². The van der Waals surface area contributed by atoms with Crippen LogP contribution in [0.15, 0.2) is 46.9 Å². The lowest BCUT2D eigenvalue weighted by molar-refractivity contribution is 0.0466. The molecule has 2 aromatic rings. The van der Waals surface area contributed by atoms with Crippen LogP contribution >= 0.6 is 15.9 Å². The van der Waals surface area contributed by atoms with Crippen LogP contribution in [-0.4, -0.2) is 5.97 Å². The molecule has 19 heavy (non-hydrogen) atoms. The zero-order valence-electron chi connectivity index (χ0n) is 10.3. The molecule has 0 heterocycles. The second kappa shape index (κ2) is 5.97. The Labute approximate surface area is 119 Å². The van der Waals surface area contributed by atoms with Gasteiger partial charge in [-0.1, -0.05) is 45.8 Å². The molecule has 0 bridgehead atoms. The average Bonchev–Trinajstić information content (AvgIpc) is 2.40. The van der Waals surface area contributed by atoms with E-state index >= 15 is 0 Å². The summed E-state index contributed by atoms with van der Waals surface area (Å²) in [5.74, 6) is -1.22. The highest BCUT2D eigenvalue weighted by Crippen LogP contribution is 2.18. The fourth-order valence-electron chi connectivity index (χ4n) is 1.63. The molecule has 0 aliphatic carbocycles. The SMILES string of the molecule is Cc1ccc(F)c(C(=O)OCc2ccccc2Br)c1. The maximum Gasteiger partial charge on any atom is 0.341 e. The van der Waals surface area contributed by atoms with Crippen molar-refractivity contribution in [2.24, 2.45) is 0 Å². The third kappa shape index (κ3) is 3.41. The van der Waals surface area contributed by atoms with Crippen LogP contribution in [0.5, 0.6) is 0 Å². The third-order valence-corrected chi connectivity index (χ3v) is 3.43. The van der Waals surface area contributed by atoms with Gasteiger partial charge in [-0.05, 0) is 25.1 Å². The highest BCUT2D eigenvalue weighted by Gasteiger charge is 2.13.